The van der Waals surface area contributed by atoms with Gasteiger partial charge in [-0.1, -0.05) is 19.8 Å². The first-order valence-electron chi connectivity index (χ1n) is 4.63. The van der Waals surface area contributed by atoms with Gasteiger partial charge in [0.15, 0.2) is 0 Å². The fourth-order valence-electron chi connectivity index (χ4n) is 0.916. The average molecular weight is 209 g/mol. The molecule has 13 heavy (non-hydrogen) atoms. The molecular formula is C8H19NO3S. The highest BCUT2D eigenvalue weighted by Crippen LogP contribution is 2.11. The Morgan fingerprint density at radius 2 is 2.08 bits per heavy atom. The second-order valence-electron chi connectivity index (χ2n) is 3.06. The minimum Gasteiger partial charge on any atom is -0.328 e. The van der Waals surface area contributed by atoms with Crippen molar-refractivity contribution < 1.29 is 12.6 Å². The highest BCUT2D eigenvalue weighted by Gasteiger charge is 2.20. The van der Waals surface area contributed by atoms with E-state index in [-0.39, 0.29) is 13.2 Å². The number of hydrogen-bond acceptors (Lipinski definition) is 4. The number of nitrogens with two attached hydrogens (primary N) is 1. The molecule has 0 amide bonds. The van der Waals surface area contributed by atoms with Gasteiger partial charge in [0.1, 0.15) is 0 Å². The van der Waals surface area contributed by atoms with Crippen molar-refractivity contribution in [3.8, 4) is 0 Å². The van der Waals surface area contributed by atoms with Crippen molar-refractivity contribution >= 4 is 10.1 Å². The number of unbranched alkanes of at least 4 members (excludes halogenated alkanes) is 1. The van der Waals surface area contributed by atoms with Gasteiger partial charge in [0.2, 0.25) is 0 Å². The second-order valence-corrected chi connectivity index (χ2v) is 5.08. The normalized spacial score (nSPS) is 14.4. The third kappa shape index (κ3) is 5.23. The second kappa shape index (κ2) is 6.34. The number of hydrogen-bond donors (Lipinski definition) is 1. The highest BCUT2D eigenvalue weighted by molar-refractivity contribution is 7.87. The van der Waals surface area contributed by atoms with E-state index in [1.165, 1.54) is 0 Å². The van der Waals surface area contributed by atoms with E-state index in [9.17, 15) is 8.42 Å². The van der Waals surface area contributed by atoms with E-state index in [2.05, 4.69) is 4.18 Å². The molecule has 0 saturated carbocycles. The van der Waals surface area contributed by atoms with Crippen LogP contribution in [0.3, 0.4) is 0 Å². The lowest BCUT2D eigenvalue weighted by Crippen LogP contribution is -2.23. The molecular weight excluding hydrogens is 190 g/mol. The molecule has 0 aromatic carbocycles. The Bertz CT molecular complexity index is 213. The van der Waals surface area contributed by atoms with Crippen LogP contribution in [0.2, 0.25) is 0 Å². The first-order chi connectivity index (χ1) is 6.04. The van der Waals surface area contributed by atoms with Crippen LogP contribution in [0.4, 0.5) is 0 Å². The van der Waals surface area contributed by atoms with E-state index in [1.807, 2.05) is 6.92 Å². The van der Waals surface area contributed by atoms with Crippen LogP contribution in [-0.2, 0) is 14.3 Å². The number of rotatable bonds is 7. The first kappa shape index (κ1) is 12.9. The maximum Gasteiger partial charge on any atom is 0.269 e. The molecule has 0 radical (unpaired) electrons. The summed E-state index contributed by atoms with van der Waals surface area (Å²) in [5.74, 6) is 0. The van der Waals surface area contributed by atoms with E-state index in [0.717, 1.165) is 12.8 Å². The molecule has 80 valence electrons. The molecule has 0 bridgehead atoms. The van der Waals surface area contributed by atoms with Crippen LogP contribution < -0.4 is 5.73 Å². The molecule has 1 atom stereocenters. The summed E-state index contributed by atoms with van der Waals surface area (Å²) in [7, 11) is -3.37. The van der Waals surface area contributed by atoms with Gasteiger partial charge in [-0.05, 0) is 13.3 Å². The Hall–Kier alpha value is -0.130. The molecule has 0 heterocycles. The molecule has 4 nitrogen and oxygen atoms in total. The van der Waals surface area contributed by atoms with Crippen LogP contribution in [0.5, 0.6) is 0 Å². The van der Waals surface area contributed by atoms with Crippen LogP contribution >= 0.6 is 0 Å². The lowest BCUT2D eigenvalue weighted by Gasteiger charge is -2.11. The third-order valence-electron chi connectivity index (χ3n) is 1.82. The van der Waals surface area contributed by atoms with Gasteiger partial charge in [-0.15, -0.1) is 0 Å². The zero-order valence-corrected chi connectivity index (χ0v) is 9.14. The van der Waals surface area contributed by atoms with Crippen LogP contribution in [0.15, 0.2) is 0 Å². The van der Waals surface area contributed by atoms with Gasteiger partial charge in [0.25, 0.3) is 10.1 Å². The fourth-order valence-corrected chi connectivity index (χ4v) is 1.93. The molecule has 0 fully saturated rings. The van der Waals surface area contributed by atoms with Crippen molar-refractivity contribution in [3.05, 3.63) is 0 Å². The van der Waals surface area contributed by atoms with Crippen molar-refractivity contribution in [2.45, 2.75) is 38.4 Å². The quantitative estimate of drug-likeness (QED) is 0.632. The van der Waals surface area contributed by atoms with Gasteiger partial charge in [0.05, 0.1) is 11.9 Å². The lowest BCUT2D eigenvalue weighted by atomic mass is 10.2. The van der Waals surface area contributed by atoms with E-state index < -0.39 is 15.4 Å². The van der Waals surface area contributed by atoms with Gasteiger partial charge in [-0.3, -0.25) is 4.18 Å². The van der Waals surface area contributed by atoms with Crippen molar-refractivity contribution in [1.29, 1.82) is 0 Å². The largest absolute Gasteiger partial charge is 0.328 e. The third-order valence-corrected chi connectivity index (χ3v) is 3.54. The summed E-state index contributed by atoms with van der Waals surface area (Å²) in [6, 6.07) is 0. The summed E-state index contributed by atoms with van der Waals surface area (Å²) in [4.78, 5) is 0. The predicted molar refractivity (Wildman–Crippen MR) is 52.9 cm³/mol. The molecule has 0 aliphatic carbocycles. The van der Waals surface area contributed by atoms with Crippen LogP contribution in [0.1, 0.15) is 33.1 Å². The Kier molecular flexibility index (Phi) is 6.28. The Labute approximate surface area is 80.6 Å². The summed E-state index contributed by atoms with van der Waals surface area (Å²) in [5.41, 5.74) is 5.15. The van der Waals surface area contributed by atoms with Crippen molar-refractivity contribution in [2.24, 2.45) is 5.73 Å². The Morgan fingerprint density at radius 3 is 2.54 bits per heavy atom. The van der Waals surface area contributed by atoms with Crippen LogP contribution in [-0.4, -0.2) is 26.8 Å². The van der Waals surface area contributed by atoms with Crippen molar-refractivity contribution in [3.63, 3.8) is 0 Å². The summed E-state index contributed by atoms with van der Waals surface area (Å²) in [6.07, 6.45) is 2.56. The Balaban J connectivity index is 3.96. The van der Waals surface area contributed by atoms with Gasteiger partial charge in [-0.25, -0.2) is 0 Å². The summed E-state index contributed by atoms with van der Waals surface area (Å²) < 4.78 is 27.3. The van der Waals surface area contributed by atoms with Gasteiger partial charge in [0, 0.05) is 6.54 Å². The van der Waals surface area contributed by atoms with Crippen LogP contribution in [0.25, 0.3) is 0 Å². The van der Waals surface area contributed by atoms with E-state index >= 15 is 0 Å². The van der Waals surface area contributed by atoms with Gasteiger partial charge in [-0.2, -0.15) is 8.42 Å². The molecule has 0 rings (SSSR count). The predicted octanol–water partition coefficient (Wildman–Crippen LogP) is 0.870. The van der Waals surface area contributed by atoms with Gasteiger partial charge < -0.3 is 5.73 Å². The van der Waals surface area contributed by atoms with E-state index in [1.54, 1.807) is 6.92 Å². The topological polar surface area (TPSA) is 69.4 Å². The Morgan fingerprint density at radius 1 is 1.46 bits per heavy atom. The molecule has 0 aliphatic heterocycles. The molecule has 1 unspecified atom stereocenters. The molecule has 0 aliphatic rings. The average Bonchev–Trinajstić information content (AvgIpc) is 2.10. The van der Waals surface area contributed by atoms with Crippen LogP contribution in [0, 0.1) is 0 Å². The van der Waals surface area contributed by atoms with Crippen molar-refractivity contribution in [2.75, 3.05) is 13.2 Å². The lowest BCUT2D eigenvalue weighted by molar-refractivity contribution is 0.320. The monoisotopic (exact) mass is 209 g/mol. The molecule has 0 aromatic rings. The molecule has 0 saturated heterocycles. The van der Waals surface area contributed by atoms with E-state index in [4.69, 9.17) is 5.73 Å². The molecule has 0 spiro atoms. The molecule has 2 N–H and O–H groups in total. The summed E-state index contributed by atoms with van der Waals surface area (Å²) in [6.45, 7) is 4.01. The summed E-state index contributed by atoms with van der Waals surface area (Å²) in [5, 5.41) is -0.418. The first-order valence-corrected chi connectivity index (χ1v) is 6.10. The zero-order valence-electron chi connectivity index (χ0n) is 8.32. The minimum atomic E-state index is -3.37. The van der Waals surface area contributed by atoms with Crippen molar-refractivity contribution in [1.82, 2.24) is 0 Å². The zero-order chi connectivity index (χ0) is 10.3. The van der Waals surface area contributed by atoms with Gasteiger partial charge >= 0.3 is 0 Å². The maximum absolute atomic E-state index is 11.3. The summed E-state index contributed by atoms with van der Waals surface area (Å²) >= 11 is 0. The smallest absolute Gasteiger partial charge is 0.269 e. The standard InChI is InChI=1S/C8H19NO3S/c1-3-4-5-8(2)13(10,11)12-7-6-9/h8H,3-7,9H2,1-2H3. The molecule has 0 aromatic heterocycles. The fraction of sp³-hybridized carbons (Fsp3) is 1.00. The SMILES string of the molecule is CCCCC(C)S(=O)(=O)OCCN. The minimum absolute atomic E-state index is 0.0821. The maximum atomic E-state index is 11.3. The van der Waals surface area contributed by atoms with E-state index in [0.29, 0.717) is 6.42 Å². The molecule has 5 heteroatoms. The highest BCUT2D eigenvalue weighted by atomic mass is 32.2.